The SMILES string of the molecule is [Hg+].[Se-]c1ccc(Br)cc1.[Se]c1ccc(Br)cc1.[Se]c1ccc(Br)cc1. The monoisotopic (exact) mass is 907 g/mol. The zero-order chi connectivity index (χ0) is 17.9. The molecule has 0 aliphatic heterocycles. The molecule has 3 aromatic carbocycles. The molecule has 125 valence electrons. The van der Waals surface area contributed by atoms with Crippen molar-refractivity contribution in [3.05, 3.63) is 86.2 Å². The summed E-state index contributed by atoms with van der Waals surface area (Å²) in [6.07, 6.45) is 0. The molecule has 0 saturated heterocycles. The zero-order valence-electron chi connectivity index (χ0n) is 13.0. The summed E-state index contributed by atoms with van der Waals surface area (Å²) in [5.41, 5.74) is 0. The van der Waals surface area contributed by atoms with Gasteiger partial charge in [0.05, 0.1) is 0 Å². The summed E-state index contributed by atoms with van der Waals surface area (Å²) in [5, 5.41) is 0. The number of halogens is 3. The van der Waals surface area contributed by atoms with Crippen LogP contribution in [0.1, 0.15) is 0 Å². The van der Waals surface area contributed by atoms with Gasteiger partial charge in [-0.1, -0.05) is 0 Å². The van der Waals surface area contributed by atoms with Crippen molar-refractivity contribution in [2.75, 3.05) is 0 Å². The first kappa shape index (κ1) is 26.6. The average molecular weight is 905 g/mol. The molecule has 3 aromatic rings. The van der Waals surface area contributed by atoms with E-state index in [1.165, 1.54) is 13.4 Å². The molecule has 0 fully saturated rings. The second-order valence-corrected chi connectivity index (χ2v) is 10.1. The second kappa shape index (κ2) is 15.5. The predicted octanol–water partition coefficient (Wildman–Crippen LogP) is 3.73. The molecule has 0 aromatic heterocycles. The normalized spacial score (nSPS) is 8.76. The first-order chi connectivity index (χ1) is 11.4. The Morgan fingerprint density at radius 3 is 0.960 bits per heavy atom. The molecule has 0 N–H and O–H groups in total. The van der Waals surface area contributed by atoms with Crippen LogP contribution in [0.25, 0.3) is 0 Å². The first-order valence-corrected chi connectivity index (χ1v) is 11.6. The van der Waals surface area contributed by atoms with Crippen molar-refractivity contribution in [3.8, 4) is 0 Å². The summed E-state index contributed by atoms with van der Waals surface area (Å²) < 4.78 is 6.89. The van der Waals surface area contributed by atoms with Gasteiger partial charge in [0.25, 0.3) is 0 Å². The fourth-order valence-electron chi connectivity index (χ4n) is 1.30. The second-order valence-electron chi connectivity index (χ2n) is 4.36. The quantitative estimate of drug-likeness (QED) is 0.303. The average Bonchev–Trinajstić information content (AvgIpc) is 2.57. The first-order valence-electron chi connectivity index (χ1n) is 6.64. The van der Waals surface area contributed by atoms with Crippen LogP contribution < -0.4 is 13.4 Å². The van der Waals surface area contributed by atoms with Gasteiger partial charge in [-0.3, -0.25) is 0 Å². The van der Waals surface area contributed by atoms with Crippen LogP contribution in [0.3, 0.4) is 0 Å². The Bertz CT molecular complexity index is 552. The molecule has 0 saturated carbocycles. The van der Waals surface area contributed by atoms with E-state index >= 15 is 0 Å². The van der Waals surface area contributed by atoms with Crippen molar-refractivity contribution in [1.82, 2.24) is 0 Å². The molecule has 0 unspecified atom stereocenters. The van der Waals surface area contributed by atoms with E-state index < -0.39 is 0 Å². The molecule has 0 aliphatic carbocycles. The number of hydrogen-bond acceptors (Lipinski definition) is 0. The van der Waals surface area contributed by atoms with E-state index in [1.807, 2.05) is 72.8 Å². The van der Waals surface area contributed by atoms with Crippen molar-refractivity contribution >= 4 is 109 Å². The standard InChI is InChI=1S/C6H5BrSe.2C6H4BrSe.Hg/c3*7-5-1-3-6(8)4-2-5;/h1-4,8H;2*1-4H;/q;;;+1/p-1. The van der Waals surface area contributed by atoms with E-state index in [0.717, 1.165) is 13.4 Å². The van der Waals surface area contributed by atoms with Gasteiger partial charge >= 0.3 is 223 Å². The van der Waals surface area contributed by atoms with Crippen LogP contribution in [0, 0.1) is 0 Å². The van der Waals surface area contributed by atoms with E-state index in [4.69, 9.17) is 0 Å². The third-order valence-corrected chi connectivity index (χ3v) is 5.74. The topological polar surface area (TPSA) is 0 Å². The van der Waals surface area contributed by atoms with Crippen LogP contribution in [0.15, 0.2) is 86.2 Å². The van der Waals surface area contributed by atoms with E-state index in [9.17, 15) is 0 Å². The summed E-state index contributed by atoms with van der Waals surface area (Å²) in [5.74, 6) is 0. The Kier molecular flexibility index (Phi) is 16.5. The molecular formula is C18H12Br3HgSe3. The predicted molar refractivity (Wildman–Crippen MR) is 119 cm³/mol. The van der Waals surface area contributed by atoms with E-state index in [2.05, 4.69) is 95.8 Å². The van der Waals surface area contributed by atoms with Crippen molar-refractivity contribution in [2.45, 2.75) is 0 Å². The fraction of sp³-hybridized carbons (Fsp3) is 0. The van der Waals surface area contributed by atoms with Gasteiger partial charge in [0.2, 0.25) is 0 Å². The van der Waals surface area contributed by atoms with Crippen molar-refractivity contribution in [1.29, 1.82) is 0 Å². The molecule has 3 rings (SSSR count). The van der Waals surface area contributed by atoms with Crippen LogP contribution >= 0.6 is 47.8 Å². The summed E-state index contributed by atoms with van der Waals surface area (Å²) in [6, 6.07) is 24.1. The van der Waals surface area contributed by atoms with Gasteiger partial charge in [-0.2, -0.15) is 0 Å². The van der Waals surface area contributed by atoms with Crippen LogP contribution in [-0.2, 0) is 27.7 Å². The van der Waals surface area contributed by atoms with Gasteiger partial charge in [0.15, 0.2) is 0 Å². The maximum absolute atomic E-state index is 3.33. The Morgan fingerprint density at radius 1 is 0.520 bits per heavy atom. The van der Waals surface area contributed by atoms with Gasteiger partial charge in [0, 0.05) is 0 Å². The van der Waals surface area contributed by atoms with E-state index in [1.54, 1.807) is 0 Å². The number of benzene rings is 3. The molecule has 0 heterocycles. The number of rotatable bonds is 0. The van der Waals surface area contributed by atoms with Gasteiger partial charge < -0.3 is 0 Å². The van der Waals surface area contributed by atoms with E-state index in [0.29, 0.717) is 0 Å². The molecule has 0 amide bonds. The summed E-state index contributed by atoms with van der Waals surface area (Å²) in [6.45, 7) is 0. The third-order valence-electron chi connectivity index (χ3n) is 2.44. The zero-order valence-corrected chi connectivity index (χ0v) is 28.4. The maximum atomic E-state index is 3.33. The Balaban J connectivity index is 0.000000339. The molecule has 0 aliphatic rings. The molecule has 3 radical (unpaired) electrons. The Morgan fingerprint density at radius 2 is 0.760 bits per heavy atom. The fourth-order valence-corrected chi connectivity index (χ4v) is 2.95. The third kappa shape index (κ3) is 14.3. The van der Waals surface area contributed by atoms with Gasteiger partial charge in [0.1, 0.15) is 0 Å². The summed E-state index contributed by atoms with van der Waals surface area (Å²) in [4.78, 5) is 0. The molecule has 0 atom stereocenters. The summed E-state index contributed by atoms with van der Waals surface area (Å²) in [7, 11) is 0. The molecule has 0 bridgehead atoms. The Labute approximate surface area is 220 Å². The molecule has 0 nitrogen and oxygen atoms in total. The molecular weight excluding hydrogens is 893 g/mol. The summed E-state index contributed by atoms with van der Waals surface area (Å²) >= 11 is 18.7. The van der Waals surface area contributed by atoms with Crippen LogP contribution in [-0.4, -0.2) is 48.0 Å². The molecule has 7 heteroatoms. The number of hydrogen-bond donors (Lipinski definition) is 0. The van der Waals surface area contributed by atoms with Crippen molar-refractivity contribution in [3.63, 3.8) is 0 Å². The van der Waals surface area contributed by atoms with Crippen molar-refractivity contribution in [2.24, 2.45) is 0 Å². The molecule has 0 spiro atoms. The van der Waals surface area contributed by atoms with Gasteiger partial charge in [-0.25, -0.2) is 0 Å². The van der Waals surface area contributed by atoms with Crippen molar-refractivity contribution < 1.29 is 27.7 Å². The minimum atomic E-state index is 0. The van der Waals surface area contributed by atoms with Gasteiger partial charge in [-0.15, -0.1) is 0 Å². The van der Waals surface area contributed by atoms with Crippen LogP contribution in [0.4, 0.5) is 0 Å². The van der Waals surface area contributed by atoms with E-state index in [-0.39, 0.29) is 27.7 Å². The van der Waals surface area contributed by atoms with Crippen LogP contribution in [0.5, 0.6) is 0 Å². The van der Waals surface area contributed by atoms with Gasteiger partial charge in [-0.05, 0) is 0 Å². The Hall–Kier alpha value is 1.59. The van der Waals surface area contributed by atoms with Crippen LogP contribution in [0.2, 0.25) is 0 Å². The minimum absolute atomic E-state index is 0. The molecule has 25 heavy (non-hydrogen) atoms.